The van der Waals surface area contributed by atoms with Crippen LogP contribution in [-0.2, 0) is 6.54 Å². The van der Waals surface area contributed by atoms with Crippen molar-refractivity contribution < 1.29 is 4.39 Å². The van der Waals surface area contributed by atoms with Crippen molar-refractivity contribution in [2.24, 2.45) is 0 Å². The second-order valence-corrected chi connectivity index (χ2v) is 4.00. The smallest absolute Gasteiger partial charge is 0.123 e. The molecule has 0 atom stereocenters. The van der Waals surface area contributed by atoms with Gasteiger partial charge in [0, 0.05) is 18.3 Å². The number of hydrogen-bond acceptors (Lipinski definition) is 2. The van der Waals surface area contributed by atoms with E-state index in [4.69, 9.17) is 5.73 Å². The average Bonchev–Trinajstić information content (AvgIpc) is 2.18. The number of hydrogen-bond donors (Lipinski definition) is 1. The zero-order chi connectivity index (χ0) is 11.4. The van der Waals surface area contributed by atoms with Crippen LogP contribution in [0.1, 0.15) is 26.3 Å². The van der Waals surface area contributed by atoms with Crippen LogP contribution in [0.2, 0.25) is 0 Å². The minimum atomic E-state index is -0.223. The Morgan fingerprint density at radius 3 is 2.60 bits per heavy atom. The molecule has 0 saturated carbocycles. The fourth-order valence-electron chi connectivity index (χ4n) is 1.59. The molecule has 1 rings (SSSR count). The molecule has 1 aromatic carbocycles. The van der Waals surface area contributed by atoms with Crippen LogP contribution in [0.5, 0.6) is 0 Å². The van der Waals surface area contributed by atoms with Gasteiger partial charge in [-0.15, -0.1) is 0 Å². The van der Waals surface area contributed by atoms with Gasteiger partial charge in [0.25, 0.3) is 0 Å². The van der Waals surface area contributed by atoms with Gasteiger partial charge in [-0.05, 0) is 44.2 Å². The Bertz CT molecular complexity index is 323. The van der Waals surface area contributed by atoms with Gasteiger partial charge in [0.15, 0.2) is 0 Å². The van der Waals surface area contributed by atoms with E-state index in [-0.39, 0.29) is 5.82 Å². The first kappa shape index (κ1) is 12.0. The maximum Gasteiger partial charge on any atom is 0.123 e. The van der Waals surface area contributed by atoms with Crippen LogP contribution < -0.4 is 5.73 Å². The second-order valence-electron chi connectivity index (χ2n) is 4.00. The van der Waals surface area contributed by atoms with Gasteiger partial charge in [0.1, 0.15) is 5.82 Å². The lowest BCUT2D eigenvalue weighted by Gasteiger charge is -2.25. The van der Waals surface area contributed by atoms with Gasteiger partial charge in [-0.1, -0.05) is 6.92 Å². The van der Waals surface area contributed by atoms with Crippen LogP contribution in [-0.4, -0.2) is 17.5 Å². The summed E-state index contributed by atoms with van der Waals surface area (Å²) in [6, 6.07) is 4.97. The highest BCUT2D eigenvalue weighted by Gasteiger charge is 2.10. The first-order valence-electron chi connectivity index (χ1n) is 5.32. The van der Waals surface area contributed by atoms with Crippen molar-refractivity contribution in [3.05, 3.63) is 29.6 Å². The Hall–Kier alpha value is -1.09. The lowest BCUT2D eigenvalue weighted by molar-refractivity contribution is 0.225. The fourth-order valence-corrected chi connectivity index (χ4v) is 1.59. The summed E-state index contributed by atoms with van der Waals surface area (Å²) in [5, 5.41) is 0. The maximum atomic E-state index is 13.0. The number of benzene rings is 1. The molecule has 0 aliphatic rings. The maximum absolute atomic E-state index is 13.0. The third-order valence-corrected chi connectivity index (χ3v) is 2.61. The summed E-state index contributed by atoms with van der Waals surface area (Å²) in [5.74, 6) is -0.223. The number of nitrogens with zero attached hydrogens (tertiary/aromatic N) is 1. The summed E-state index contributed by atoms with van der Waals surface area (Å²) in [5.41, 5.74) is 7.33. The van der Waals surface area contributed by atoms with Crippen LogP contribution in [0.25, 0.3) is 0 Å². The predicted octanol–water partition coefficient (Wildman–Crippen LogP) is 2.64. The van der Waals surface area contributed by atoms with Crippen molar-refractivity contribution in [3.8, 4) is 0 Å². The van der Waals surface area contributed by atoms with Gasteiger partial charge < -0.3 is 5.73 Å². The highest BCUT2D eigenvalue weighted by molar-refractivity contribution is 5.46. The average molecular weight is 210 g/mol. The first-order valence-corrected chi connectivity index (χ1v) is 5.32. The first-order chi connectivity index (χ1) is 7.04. The summed E-state index contributed by atoms with van der Waals surface area (Å²) in [4.78, 5) is 2.24. The minimum absolute atomic E-state index is 0.223. The van der Waals surface area contributed by atoms with E-state index in [0.29, 0.717) is 18.3 Å². The highest BCUT2D eigenvalue weighted by atomic mass is 19.1. The van der Waals surface area contributed by atoms with Gasteiger partial charge in [0.2, 0.25) is 0 Å². The standard InChI is InChI=1S/C12H19FN2/c1-4-15(9(2)3)8-10-7-11(13)5-6-12(10)14/h5-7,9H,4,8,14H2,1-3H3. The van der Waals surface area contributed by atoms with Crippen LogP contribution in [0, 0.1) is 5.82 Å². The number of nitrogens with two attached hydrogens (primary N) is 1. The van der Waals surface area contributed by atoms with Crippen molar-refractivity contribution in [3.63, 3.8) is 0 Å². The monoisotopic (exact) mass is 210 g/mol. The van der Waals surface area contributed by atoms with Crippen LogP contribution >= 0.6 is 0 Å². The number of rotatable bonds is 4. The van der Waals surface area contributed by atoms with Crippen LogP contribution in [0.15, 0.2) is 18.2 Å². The normalized spacial score (nSPS) is 11.3. The van der Waals surface area contributed by atoms with Crippen molar-refractivity contribution in [1.82, 2.24) is 4.90 Å². The quantitative estimate of drug-likeness (QED) is 0.774. The molecule has 0 amide bonds. The molecule has 0 spiro atoms. The molecule has 84 valence electrons. The number of nitrogen functional groups attached to an aromatic ring is 1. The van der Waals surface area contributed by atoms with Crippen molar-refractivity contribution >= 4 is 5.69 Å². The van der Waals surface area contributed by atoms with Crippen molar-refractivity contribution in [2.45, 2.75) is 33.4 Å². The number of halogens is 1. The molecule has 0 unspecified atom stereocenters. The molecule has 0 aliphatic carbocycles. The molecule has 1 aromatic rings. The Kier molecular flexibility index (Phi) is 4.09. The van der Waals surface area contributed by atoms with E-state index in [1.807, 2.05) is 0 Å². The van der Waals surface area contributed by atoms with Gasteiger partial charge in [-0.2, -0.15) is 0 Å². The minimum Gasteiger partial charge on any atom is -0.398 e. The molecule has 0 saturated heterocycles. The summed E-state index contributed by atoms with van der Waals surface area (Å²) >= 11 is 0. The van der Waals surface area contributed by atoms with Crippen molar-refractivity contribution in [1.29, 1.82) is 0 Å². The lowest BCUT2D eigenvalue weighted by atomic mass is 10.1. The van der Waals surface area contributed by atoms with E-state index in [1.165, 1.54) is 12.1 Å². The van der Waals surface area contributed by atoms with Gasteiger partial charge in [0.05, 0.1) is 0 Å². The molecular weight excluding hydrogens is 191 g/mol. The van der Waals surface area contributed by atoms with E-state index >= 15 is 0 Å². The number of anilines is 1. The summed E-state index contributed by atoms with van der Waals surface area (Å²) in [6.45, 7) is 7.98. The molecule has 0 bridgehead atoms. The molecule has 0 aliphatic heterocycles. The summed E-state index contributed by atoms with van der Waals surface area (Å²) in [7, 11) is 0. The molecule has 2 nitrogen and oxygen atoms in total. The van der Waals surface area contributed by atoms with Crippen LogP contribution in [0.4, 0.5) is 10.1 Å². The van der Waals surface area contributed by atoms with Crippen molar-refractivity contribution in [2.75, 3.05) is 12.3 Å². The van der Waals surface area contributed by atoms with E-state index in [1.54, 1.807) is 6.07 Å². The van der Waals surface area contributed by atoms with Gasteiger partial charge in [-0.3, -0.25) is 4.90 Å². The summed E-state index contributed by atoms with van der Waals surface area (Å²) < 4.78 is 13.0. The highest BCUT2D eigenvalue weighted by Crippen LogP contribution is 2.16. The fraction of sp³-hybridized carbons (Fsp3) is 0.500. The Morgan fingerprint density at radius 1 is 1.40 bits per heavy atom. The molecule has 3 heteroatoms. The zero-order valence-corrected chi connectivity index (χ0v) is 9.63. The molecule has 0 fully saturated rings. The Balaban J connectivity index is 2.82. The topological polar surface area (TPSA) is 29.3 Å². The SMILES string of the molecule is CCN(Cc1cc(F)ccc1N)C(C)C. The largest absolute Gasteiger partial charge is 0.398 e. The molecule has 15 heavy (non-hydrogen) atoms. The zero-order valence-electron chi connectivity index (χ0n) is 9.63. The van der Waals surface area contributed by atoms with Crippen LogP contribution in [0.3, 0.4) is 0 Å². The molecule has 0 radical (unpaired) electrons. The lowest BCUT2D eigenvalue weighted by Crippen LogP contribution is -2.30. The third-order valence-electron chi connectivity index (χ3n) is 2.61. The molecule has 0 heterocycles. The predicted molar refractivity (Wildman–Crippen MR) is 62.0 cm³/mol. The van der Waals surface area contributed by atoms with E-state index < -0.39 is 0 Å². The third kappa shape index (κ3) is 3.20. The summed E-state index contributed by atoms with van der Waals surface area (Å²) in [6.07, 6.45) is 0. The second kappa shape index (κ2) is 5.12. The Labute approximate surface area is 90.9 Å². The molecular formula is C12H19FN2. The van der Waals surface area contributed by atoms with E-state index in [0.717, 1.165) is 12.1 Å². The Morgan fingerprint density at radius 2 is 2.07 bits per heavy atom. The van der Waals surface area contributed by atoms with E-state index in [9.17, 15) is 4.39 Å². The van der Waals surface area contributed by atoms with Gasteiger partial charge >= 0.3 is 0 Å². The molecule has 0 aromatic heterocycles. The van der Waals surface area contributed by atoms with Gasteiger partial charge in [-0.25, -0.2) is 4.39 Å². The van der Waals surface area contributed by atoms with E-state index in [2.05, 4.69) is 25.7 Å². The molecule has 2 N–H and O–H groups in total.